The Morgan fingerprint density at radius 2 is 1.80 bits per heavy atom. The highest BCUT2D eigenvalue weighted by Crippen LogP contribution is 2.89. The molecule has 1 aliphatic rings. The first-order valence-electron chi connectivity index (χ1n) is 1.05. The highest BCUT2D eigenvalue weighted by atomic mass is 127. The second-order valence-corrected chi connectivity index (χ2v) is 23.1. The summed E-state index contributed by atoms with van der Waals surface area (Å²) in [6.45, 7) is 0. The average molecular weight is 332 g/mol. The lowest BCUT2D eigenvalue weighted by molar-refractivity contribution is 2.42. The van der Waals surface area contributed by atoms with Crippen LogP contribution in [0.1, 0.15) is 0 Å². The first kappa shape index (κ1) is 5.30. The second-order valence-electron chi connectivity index (χ2n) is 0.756. The van der Waals surface area contributed by atoms with Gasteiger partial charge in [-0.2, -0.15) is 0 Å². The molecule has 1 fully saturated rings. The molecule has 32 valence electrons. The van der Waals surface area contributed by atoms with Crippen LogP contribution in [0.15, 0.2) is 0 Å². The van der Waals surface area contributed by atoms with Gasteiger partial charge in [-0.3, -0.25) is 0 Å². The molecular formula is CH2I2S2. The van der Waals surface area contributed by atoms with E-state index in [9.17, 15) is 0 Å². The van der Waals surface area contributed by atoms with Crippen molar-refractivity contribution in [3.05, 3.63) is 0 Å². The topological polar surface area (TPSA) is 0 Å². The van der Waals surface area contributed by atoms with Crippen LogP contribution in [0, 0.1) is 0 Å². The molecule has 0 aromatic heterocycles. The number of hydrogen-bond donors (Lipinski definition) is 0. The first-order chi connectivity index (χ1) is 2.21. The van der Waals surface area contributed by atoms with Gasteiger partial charge in [-0.15, -0.1) is 0 Å². The van der Waals surface area contributed by atoms with Gasteiger partial charge in [-0.25, -0.2) is 0 Å². The van der Waals surface area contributed by atoms with Crippen LogP contribution in [0.3, 0.4) is 0 Å². The molecule has 1 aliphatic heterocycles. The predicted octanol–water partition coefficient (Wildman–Crippen LogP) is 3.11. The third-order valence-corrected chi connectivity index (χ3v) is 11.8. The van der Waals surface area contributed by atoms with Crippen LogP contribution in [0.4, 0.5) is 0 Å². The Balaban J connectivity index is 2.38. The zero-order valence-corrected chi connectivity index (χ0v) is 8.23. The molecule has 0 saturated carbocycles. The van der Waals surface area contributed by atoms with Crippen LogP contribution in [0.2, 0.25) is 0 Å². The number of halogens is 2. The van der Waals surface area contributed by atoms with Gasteiger partial charge in [0.2, 0.25) is 0 Å². The molecule has 0 spiro atoms. The van der Waals surface area contributed by atoms with Crippen molar-refractivity contribution in [2.75, 3.05) is 5.08 Å². The highest BCUT2D eigenvalue weighted by Gasteiger charge is 2.31. The normalized spacial score (nSPS) is 36.4. The van der Waals surface area contributed by atoms with Crippen molar-refractivity contribution in [1.29, 1.82) is 0 Å². The van der Waals surface area contributed by atoms with Gasteiger partial charge in [-0.1, -0.05) is 14.2 Å². The number of hydrogen-bond acceptors (Lipinski definition) is 1. The largest absolute Gasteiger partial charge is 0.0823 e. The Kier molecular flexibility index (Phi) is 1.68. The second kappa shape index (κ2) is 1.59. The van der Waals surface area contributed by atoms with Gasteiger partial charge in [-0.05, 0) is 42.4 Å². The molecular weight excluding hydrogens is 330 g/mol. The zero-order chi connectivity index (χ0) is 3.91. The van der Waals surface area contributed by atoms with E-state index in [1.807, 2.05) is 0 Å². The van der Waals surface area contributed by atoms with Crippen molar-refractivity contribution in [3.63, 3.8) is 0 Å². The lowest BCUT2D eigenvalue weighted by Crippen LogP contribution is -1.25. The van der Waals surface area contributed by atoms with Crippen LogP contribution >= 0.6 is 56.6 Å². The van der Waals surface area contributed by atoms with E-state index in [-0.39, 0.29) is 3.40 Å². The molecule has 1 saturated heterocycles. The van der Waals surface area contributed by atoms with Gasteiger partial charge >= 0.3 is 0 Å². The van der Waals surface area contributed by atoms with Crippen LogP contribution in [0.5, 0.6) is 0 Å². The first-order valence-corrected chi connectivity index (χ1v) is 9.44. The van der Waals surface area contributed by atoms with E-state index < -0.39 is 0 Å². The van der Waals surface area contributed by atoms with Gasteiger partial charge in [0, 0.05) is 0 Å². The maximum atomic E-state index is 2.52. The quantitative estimate of drug-likeness (QED) is 0.373. The molecule has 0 aromatic rings. The summed E-state index contributed by atoms with van der Waals surface area (Å²) in [6.07, 6.45) is 0. The van der Waals surface area contributed by atoms with Gasteiger partial charge in [0.15, 0.2) is 0 Å². The molecule has 0 radical (unpaired) electrons. The Bertz CT molecular complexity index is 45.6. The van der Waals surface area contributed by atoms with E-state index in [0.717, 1.165) is 0 Å². The van der Waals surface area contributed by atoms with E-state index in [1.54, 1.807) is 0 Å². The molecule has 1 rings (SSSR count). The van der Waals surface area contributed by atoms with E-state index in [0.29, 0.717) is 0 Å². The highest BCUT2D eigenvalue weighted by molar-refractivity contribution is 14.3. The average Bonchev–Trinajstić information content (AvgIpc) is 1.76. The fraction of sp³-hybridized carbons (Fsp3) is 1.00. The molecule has 5 heavy (non-hydrogen) atoms. The lowest BCUT2D eigenvalue weighted by Gasteiger charge is -1.86. The summed E-state index contributed by atoms with van der Waals surface area (Å²) >= 11 is 5.04. The van der Waals surface area contributed by atoms with Crippen molar-refractivity contribution >= 4 is 56.6 Å². The summed E-state index contributed by atoms with van der Waals surface area (Å²) in [5.41, 5.74) is 0. The van der Waals surface area contributed by atoms with Crippen molar-refractivity contribution in [1.82, 2.24) is 0 Å². The summed E-state index contributed by atoms with van der Waals surface area (Å²) in [5, 5.41) is 1.42. The maximum absolute atomic E-state index is 2.52. The van der Waals surface area contributed by atoms with E-state index >= 15 is 0 Å². The summed E-state index contributed by atoms with van der Waals surface area (Å²) in [5.74, 6) is 0. The monoisotopic (exact) mass is 332 g/mol. The molecule has 0 aromatic carbocycles. The van der Waals surface area contributed by atoms with E-state index in [1.165, 1.54) is 5.08 Å². The lowest BCUT2D eigenvalue weighted by atomic mass is 11.9. The fourth-order valence-electron chi connectivity index (χ4n) is 0.0364. The third-order valence-electron chi connectivity index (χ3n) is 0.296. The van der Waals surface area contributed by atoms with Gasteiger partial charge in [0.05, 0.1) is 5.08 Å². The predicted molar refractivity (Wildman–Crippen MR) is 48.1 cm³/mol. The molecule has 0 aliphatic carbocycles. The molecule has 0 N–H and O–H groups in total. The smallest absolute Gasteiger partial charge is 0.0594 e. The number of rotatable bonds is 0. The van der Waals surface area contributed by atoms with Crippen molar-refractivity contribution in [2.24, 2.45) is 0 Å². The standard InChI is InChI=1S/CH2I2S2/c2-5(3)1-4-5/h1H2. The SMILES string of the molecule is IS1(I)CS1. The van der Waals surface area contributed by atoms with Crippen molar-refractivity contribution in [3.8, 4) is 0 Å². The van der Waals surface area contributed by atoms with Gasteiger partial charge in [0.25, 0.3) is 0 Å². The van der Waals surface area contributed by atoms with Gasteiger partial charge in [0.1, 0.15) is 0 Å². The van der Waals surface area contributed by atoms with Gasteiger partial charge < -0.3 is 0 Å². The molecule has 1 heterocycles. The van der Waals surface area contributed by atoms with E-state index in [4.69, 9.17) is 0 Å². The Morgan fingerprint density at radius 1 is 1.60 bits per heavy atom. The van der Waals surface area contributed by atoms with E-state index in [2.05, 4.69) is 53.2 Å². The van der Waals surface area contributed by atoms with Crippen LogP contribution in [0.25, 0.3) is 0 Å². The summed E-state index contributed by atoms with van der Waals surface area (Å²) in [7, 11) is 2.08. The molecule has 0 amide bonds. The van der Waals surface area contributed by atoms with Crippen LogP contribution < -0.4 is 0 Å². The zero-order valence-electron chi connectivity index (χ0n) is 2.28. The fourth-order valence-corrected chi connectivity index (χ4v) is 6.59. The Labute approximate surface area is 60.7 Å². The third kappa shape index (κ3) is 2.08. The van der Waals surface area contributed by atoms with Crippen molar-refractivity contribution in [2.45, 2.75) is 0 Å². The Hall–Kier alpha value is 2.16. The minimum atomic E-state index is -0.0600. The molecule has 0 atom stereocenters. The molecule has 4 heteroatoms. The summed E-state index contributed by atoms with van der Waals surface area (Å²) in [4.78, 5) is 0. The van der Waals surface area contributed by atoms with Crippen LogP contribution in [-0.4, -0.2) is 5.08 Å². The molecule has 0 nitrogen and oxygen atoms in total. The molecule has 0 bridgehead atoms. The summed E-state index contributed by atoms with van der Waals surface area (Å²) < 4.78 is -0.0600. The van der Waals surface area contributed by atoms with Crippen molar-refractivity contribution < 1.29 is 0 Å². The minimum Gasteiger partial charge on any atom is -0.0823 e. The Morgan fingerprint density at radius 3 is 1.80 bits per heavy atom. The minimum absolute atomic E-state index is 0.0600. The maximum Gasteiger partial charge on any atom is 0.0594 e. The summed E-state index contributed by atoms with van der Waals surface area (Å²) in [6, 6.07) is 0. The van der Waals surface area contributed by atoms with Crippen LogP contribution in [-0.2, 0) is 0 Å². The molecule has 0 unspecified atom stereocenters.